The van der Waals surface area contributed by atoms with Crippen LogP contribution in [0.15, 0.2) is 97.1 Å². The molecule has 0 aliphatic rings. The Balaban J connectivity index is 1.64. The van der Waals surface area contributed by atoms with Crippen LogP contribution < -0.4 is 10.1 Å². The predicted molar refractivity (Wildman–Crippen MR) is 153 cm³/mol. The third-order valence-electron chi connectivity index (χ3n) is 6.49. The molecule has 0 heterocycles. The van der Waals surface area contributed by atoms with Crippen LogP contribution in [0.2, 0.25) is 0 Å². The van der Waals surface area contributed by atoms with Gasteiger partial charge in [0, 0.05) is 24.9 Å². The van der Waals surface area contributed by atoms with Gasteiger partial charge in [-0.3, -0.25) is 9.59 Å². The number of hydrogen-bond donors (Lipinski definition) is 1. The topological polar surface area (TPSA) is 58.6 Å². The molecule has 1 atom stereocenters. The van der Waals surface area contributed by atoms with Gasteiger partial charge in [0.05, 0.1) is 0 Å². The lowest BCUT2D eigenvalue weighted by Gasteiger charge is -2.32. The molecule has 0 radical (unpaired) electrons. The van der Waals surface area contributed by atoms with Gasteiger partial charge in [0.15, 0.2) is 6.61 Å². The highest BCUT2D eigenvalue weighted by atomic mass is 16.5. The molecule has 0 bridgehead atoms. The summed E-state index contributed by atoms with van der Waals surface area (Å²) in [6, 6.07) is 30.9. The number of carbonyl (C=O) groups excluding carboxylic acids is 2. The fourth-order valence-corrected chi connectivity index (χ4v) is 4.53. The molecule has 0 aromatic heterocycles. The number of rotatable bonds is 11. The molecule has 4 aromatic carbocycles. The molecule has 4 aromatic rings. The van der Waals surface area contributed by atoms with Gasteiger partial charge in [-0.2, -0.15) is 0 Å². The van der Waals surface area contributed by atoms with Gasteiger partial charge in [-0.25, -0.2) is 0 Å². The molecule has 0 aliphatic carbocycles. The lowest BCUT2D eigenvalue weighted by atomic mass is 10.0. The summed E-state index contributed by atoms with van der Waals surface area (Å²) in [7, 11) is 0. The Morgan fingerprint density at radius 2 is 1.53 bits per heavy atom. The van der Waals surface area contributed by atoms with E-state index in [4.69, 9.17) is 4.74 Å². The minimum Gasteiger partial charge on any atom is -0.483 e. The van der Waals surface area contributed by atoms with Crippen LogP contribution in [0.1, 0.15) is 30.5 Å². The molecule has 0 spiro atoms. The van der Waals surface area contributed by atoms with Gasteiger partial charge in [-0.1, -0.05) is 110 Å². The van der Waals surface area contributed by atoms with Crippen molar-refractivity contribution in [2.45, 2.75) is 39.8 Å². The Labute approximate surface area is 225 Å². The number of ether oxygens (including phenoxy) is 1. The average Bonchev–Trinajstić information content (AvgIpc) is 2.93. The van der Waals surface area contributed by atoms with Gasteiger partial charge in [-0.05, 0) is 35.4 Å². The van der Waals surface area contributed by atoms with E-state index in [0.717, 1.165) is 27.5 Å². The van der Waals surface area contributed by atoms with Crippen LogP contribution in [0.25, 0.3) is 10.8 Å². The minimum absolute atomic E-state index is 0.159. The zero-order valence-corrected chi connectivity index (χ0v) is 22.4. The zero-order valence-electron chi connectivity index (χ0n) is 22.4. The fraction of sp³-hybridized carbons (Fsp3) is 0.273. The van der Waals surface area contributed by atoms with Crippen molar-refractivity contribution in [3.63, 3.8) is 0 Å². The first-order chi connectivity index (χ1) is 18.4. The number of hydrogen-bond acceptors (Lipinski definition) is 3. The standard InChI is InChI=1S/C33H36N2O3/c1-24(2)21-34-33(37)30(20-26-12-5-4-6-13-26)35(22-27-14-9-11-25(3)19-27)32(36)23-38-31-18-10-16-28-15-7-8-17-29(28)31/h4-19,24,30H,20-23H2,1-3H3,(H,34,37)/t30-/m1/s1. The Morgan fingerprint density at radius 1 is 0.842 bits per heavy atom. The fourth-order valence-electron chi connectivity index (χ4n) is 4.53. The van der Waals surface area contributed by atoms with Crippen LogP contribution in [0.4, 0.5) is 0 Å². The van der Waals surface area contributed by atoms with Crippen LogP contribution in [0.3, 0.4) is 0 Å². The number of nitrogens with zero attached hydrogens (tertiary/aromatic N) is 1. The maximum Gasteiger partial charge on any atom is 0.261 e. The Morgan fingerprint density at radius 3 is 2.29 bits per heavy atom. The predicted octanol–water partition coefficient (Wildman–Crippen LogP) is 5.94. The van der Waals surface area contributed by atoms with Crippen molar-refractivity contribution < 1.29 is 14.3 Å². The van der Waals surface area contributed by atoms with Crippen LogP contribution in [-0.2, 0) is 22.6 Å². The molecular weight excluding hydrogens is 472 g/mol. The Bertz CT molecular complexity index is 1360. The molecular formula is C33H36N2O3. The van der Waals surface area contributed by atoms with Gasteiger partial charge in [-0.15, -0.1) is 0 Å². The second kappa shape index (κ2) is 12.9. The number of benzene rings is 4. The van der Waals surface area contributed by atoms with Crippen LogP contribution in [-0.4, -0.2) is 35.9 Å². The van der Waals surface area contributed by atoms with E-state index >= 15 is 0 Å². The molecule has 1 N–H and O–H groups in total. The summed E-state index contributed by atoms with van der Waals surface area (Å²) >= 11 is 0. The van der Waals surface area contributed by atoms with Crippen LogP contribution in [0, 0.1) is 12.8 Å². The van der Waals surface area contributed by atoms with E-state index in [0.29, 0.717) is 31.2 Å². The average molecular weight is 509 g/mol. The van der Waals surface area contributed by atoms with E-state index < -0.39 is 6.04 Å². The van der Waals surface area contributed by atoms with Crippen molar-refractivity contribution in [3.05, 3.63) is 114 Å². The maximum atomic E-state index is 13.8. The highest BCUT2D eigenvalue weighted by Crippen LogP contribution is 2.25. The first-order valence-corrected chi connectivity index (χ1v) is 13.2. The molecule has 0 unspecified atom stereocenters. The summed E-state index contributed by atoms with van der Waals surface area (Å²) in [4.78, 5) is 29.1. The summed E-state index contributed by atoms with van der Waals surface area (Å²) in [6.45, 7) is 6.83. The van der Waals surface area contributed by atoms with E-state index in [1.165, 1.54) is 0 Å². The van der Waals surface area contributed by atoms with E-state index in [2.05, 4.69) is 25.2 Å². The molecule has 5 nitrogen and oxygen atoms in total. The van der Waals surface area contributed by atoms with E-state index in [9.17, 15) is 9.59 Å². The lowest BCUT2D eigenvalue weighted by molar-refractivity contribution is -0.142. The molecule has 5 heteroatoms. The highest BCUT2D eigenvalue weighted by molar-refractivity contribution is 5.90. The normalized spacial score (nSPS) is 11.8. The first-order valence-electron chi connectivity index (χ1n) is 13.2. The molecule has 196 valence electrons. The Kier molecular flexibility index (Phi) is 9.15. The zero-order chi connectivity index (χ0) is 26.9. The van der Waals surface area contributed by atoms with Crippen molar-refractivity contribution in [2.75, 3.05) is 13.2 Å². The molecule has 0 saturated carbocycles. The summed E-state index contributed by atoms with van der Waals surface area (Å²) in [5.74, 6) is 0.552. The van der Waals surface area contributed by atoms with Crippen LogP contribution >= 0.6 is 0 Å². The third-order valence-corrected chi connectivity index (χ3v) is 6.49. The second-order valence-corrected chi connectivity index (χ2v) is 10.1. The summed E-state index contributed by atoms with van der Waals surface area (Å²) < 4.78 is 6.08. The second-order valence-electron chi connectivity index (χ2n) is 10.1. The van der Waals surface area contributed by atoms with E-state index in [1.807, 2.05) is 97.9 Å². The molecule has 38 heavy (non-hydrogen) atoms. The lowest BCUT2D eigenvalue weighted by Crippen LogP contribution is -2.52. The van der Waals surface area contributed by atoms with Crippen molar-refractivity contribution in [1.82, 2.24) is 10.2 Å². The molecule has 0 fully saturated rings. The highest BCUT2D eigenvalue weighted by Gasteiger charge is 2.30. The summed E-state index contributed by atoms with van der Waals surface area (Å²) in [5.41, 5.74) is 3.07. The number of amides is 2. The van der Waals surface area contributed by atoms with E-state index in [1.54, 1.807) is 4.90 Å². The minimum atomic E-state index is -0.680. The molecule has 2 amide bonds. The van der Waals surface area contributed by atoms with Gasteiger partial charge >= 0.3 is 0 Å². The van der Waals surface area contributed by atoms with Crippen LogP contribution in [0.5, 0.6) is 5.75 Å². The van der Waals surface area contributed by atoms with Crippen molar-refractivity contribution in [2.24, 2.45) is 5.92 Å². The molecule has 4 rings (SSSR count). The van der Waals surface area contributed by atoms with Gasteiger partial charge in [0.25, 0.3) is 5.91 Å². The van der Waals surface area contributed by atoms with Gasteiger partial charge in [0.2, 0.25) is 5.91 Å². The number of fused-ring (bicyclic) bond motifs is 1. The number of aryl methyl sites for hydroxylation is 1. The SMILES string of the molecule is Cc1cccc(CN(C(=O)COc2cccc3ccccc23)[C@H](Cc2ccccc2)C(=O)NCC(C)C)c1. The summed E-state index contributed by atoms with van der Waals surface area (Å²) in [6.07, 6.45) is 0.413. The van der Waals surface area contributed by atoms with Crippen molar-refractivity contribution in [1.29, 1.82) is 0 Å². The monoisotopic (exact) mass is 508 g/mol. The number of carbonyl (C=O) groups is 2. The molecule has 0 aliphatic heterocycles. The Hall–Kier alpha value is -4.12. The van der Waals surface area contributed by atoms with Crippen molar-refractivity contribution >= 4 is 22.6 Å². The van der Waals surface area contributed by atoms with Gasteiger partial charge < -0.3 is 15.0 Å². The smallest absolute Gasteiger partial charge is 0.261 e. The maximum absolute atomic E-state index is 13.8. The van der Waals surface area contributed by atoms with Crippen molar-refractivity contribution in [3.8, 4) is 5.75 Å². The molecule has 0 saturated heterocycles. The summed E-state index contributed by atoms with van der Waals surface area (Å²) in [5, 5.41) is 5.05. The quantitative estimate of drug-likeness (QED) is 0.273. The largest absolute Gasteiger partial charge is 0.483 e. The number of nitrogens with one attached hydrogen (secondary N) is 1. The van der Waals surface area contributed by atoms with E-state index in [-0.39, 0.29) is 18.4 Å². The van der Waals surface area contributed by atoms with Gasteiger partial charge in [0.1, 0.15) is 11.8 Å². The third kappa shape index (κ3) is 7.22. The first kappa shape index (κ1) is 26.9.